The molecule has 1 aliphatic heterocycles. The lowest BCUT2D eigenvalue weighted by atomic mass is 9.86. The highest BCUT2D eigenvalue weighted by atomic mass is 16.2. The highest BCUT2D eigenvalue weighted by Crippen LogP contribution is 2.34. The van der Waals surface area contributed by atoms with Gasteiger partial charge in [-0.1, -0.05) is 70.2 Å². The number of aromatic nitrogens is 1. The normalized spacial score (nSPS) is 16.3. The Morgan fingerprint density at radius 1 is 1.00 bits per heavy atom. The summed E-state index contributed by atoms with van der Waals surface area (Å²) in [7, 11) is 0. The molecule has 1 aromatic heterocycles. The van der Waals surface area contributed by atoms with Crippen LogP contribution in [0.5, 0.6) is 0 Å². The molecular weight excluding hydrogens is 370 g/mol. The van der Waals surface area contributed by atoms with Crippen molar-refractivity contribution in [3.05, 3.63) is 89.2 Å². The maximum atomic E-state index is 13.4. The van der Waals surface area contributed by atoms with Gasteiger partial charge in [0.2, 0.25) is 0 Å². The first kappa shape index (κ1) is 20.3. The molecule has 0 fully saturated rings. The van der Waals surface area contributed by atoms with Crippen LogP contribution in [0.2, 0.25) is 0 Å². The minimum Gasteiger partial charge on any atom is -0.348 e. The second kappa shape index (κ2) is 8.02. The van der Waals surface area contributed by atoms with Crippen LogP contribution in [-0.4, -0.2) is 22.0 Å². The number of amides is 2. The molecule has 1 N–H and O–H groups in total. The molecule has 1 aliphatic rings. The summed E-state index contributed by atoms with van der Waals surface area (Å²) in [6, 6.07) is 20.8. The van der Waals surface area contributed by atoms with Gasteiger partial charge in [0.15, 0.2) is 0 Å². The standard InChI is InChI=1S/C26H31N3O/c1-5-19-9-6-7-10-22(19)27-25(30)29-18-17-28-16-8-11-23(28)24(29)20-12-14-21(15-13-20)26(2,3)4/h6-16,24H,5,17-18H2,1-4H3,(H,27,30)/t24-/m0/s1. The number of rotatable bonds is 3. The Kier molecular flexibility index (Phi) is 5.42. The number of fused-ring (bicyclic) bond motifs is 1. The zero-order chi connectivity index (χ0) is 21.3. The van der Waals surface area contributed by atoms with Crippen LogP contribution in [0.4, 0.5) is 10.5 Å². The summed E-state index contributed by atoms with van der Waals surface area (Å²) in [4.78, 5) is 15.3. The number of carbonyl (C=O) groups is 1. The molecule has 4 heteroatoms. The van der Waals surface area contributed by atoms with Gasteiger partial charge in [0, 0.05) is 30.7 Å². The molecule has 1 atom stereocenters. The van der Waals surface area contributed by atoms with E-state index in [1.54, 1.807) is 0 Å². The van der Waals surface area contributed by atoms with E-state index in [2.05, 4.69) is 86.2 Å². The number of hydrogen-bond acceptors (Lipinski definition) is 1. The van der Waals surface area contributed by atoms with Crippen molar-refractivity contribution < 1.29 is 4.79 Å². The van der Waals surface area contributed by atoms with E-state index in [1.807, 2.05) is 23.1 Å². The lowest BCUT2D eigenvalue weighted by Crippen LogP contribution is -2.44. The van der Waals surface area contributed by atoms with Gasteiger partial charge in [-0.2, -0.15) is 0 Å². The first-order valence-corrected chi connectivity index (χ1v) is 10.8. The molecule has 0 saturated carbocycles. The number of urea groups is 1. The third kappa shape index (κ3) is 3.87. The van der Waals surface area contributed by atoms with E-state index in [0.717, 1.165) is 35.5 Å². The van der Waals surface area contributed by atoms with Gasteiger partial charge in [-0.15, -0.1) is 0 Å². The Hall–Kier alpha value is -3.01. The van der Waals surface area contributed by atoms with Gasteiger partial charge in [0.1, 0.15) is 0 Å². The fourth-order valence-electron chi connectivity index (χ4n) is 4.26. The van der Waals surface area contributed by atoms with Crippen molar-refractivity contribution >= 4 is 11.7 Å². The van der Waals surface area contributed by atoms with Crippen molar-refractivity contribution in [1.29, 1.82) is 0 Å². The van der Waals surface area contributed by atoms with Gasteiger partial charge in [-0.3, -0.25) is 0 Å². The van der Waals surface area contributed by atoms with Gasteiger partial charge in [-0.05, 0) is 46.7 Å². The molecule has 2 heterocycles. The van der Waals surface area contributed by atoms with Crippen molar-refractivity contribution in [3.8, 4) is 0 Å². The Bertz CT molecular complexity index is 1030. The third-order valence-electron chi connectivity index (χ3n) is 6.03. The molecule has 156 valence electrons. The smallest absolute Gasteiger partial charge is 0.322 e. The van der Waals surface area contributed by atoms with Gasteiger partial charge < -0.3 is 14.8 Å². The molecule has 0 radical (unpaired) electrons. The molecule has 2 amide bonds. The van der Waals surface area contributed by atoms with Crippen molar-refractivity contribution in [3.63, 3.8) is 0 Å². The van der Waals surface area contributed by atoms with Gasteiger partial charge in [0.05, 0.1) is 6.04 Å². The van der Waals surface area contributed by atoms with E-state index < -0.39 is 0 Å². The second-order valence-electron chi connectivity index (χ2n) is 9.04. The molecule has 0 saturated heterocycles. The molecule has 30 heavy (non-hydrogen) atoms. The fourth-order valence-corrected chi connectivity index (χ4v) is 4.26. The Labute approximate surface area is 179 Å². The molecule has 0 spiro atoms. The lowest BCUT2D eigenvalue weighted by Gasteiger charge is -2.37. The maximum Gasteiger partial charge on any atom is 0.322 e. The number of carbonyl (C=O) groups excluding carboxylic acids is 1. The van der Waals surface area contributed by atoms with Crippen molar-refractivity contribution in [2.75, 3.05) is 11.9 Å². The third-order valence-corrected chi connectivity index (χ3v) is 6.03. The Morgan fingerprint density at radius 3 is 2.43 bits per heavy atom. The van der Waals surface area contributed by atoms with Crippen molar-refractivity contribution in [2.24, 2.45) is 0 Å². The summed E-state index contributed by atoms with van der Waals surface area (Å²) in [5.41, 5.74) is 5.74. The van der Waals surface area contributed by atoms with Gasteiger partial charge in [-0.25, -0.2) is 4.79 Å². The maximum absolute atomic E-state index is 13.4. The molecule has 2 aromatic carbocycles. The summed E-state index contributed by atoms with van der Waals surface area (Å²) >= 11 is 0. The van der Waals surface area contributed by atoms with Crippen LogP contribution in [0.3, 0.4) is 0 Å². The zero-order valence-electron chi connectivity index (χ0n) is 18.4. The molecule has 4 nitrogen and oxygen atoms in total. The summed E-state index contributed by atoms with van der Waals surface area (Å²) in [5.74, 6) is 0. The van der Waals surface area contributed by atoms with Crippen LogP contribution in [0.15, 0.2) is 66.9 Å². The first-order chi connectivity index (χ1) is 14.4. The number of anilines is 1. The van der Waals surface area contributed by atoms with Crippen LogP contribution in [0, 0.1) is 0 Å². The molecule has 0 bridgehead atoms. The van der Waals surface area contributed by atoms with Crippen molar-refractivity contribution in [1.82, 2.24) is 9.47 Å². The summed E-state index contributed by atoms with van der Waals surface area (Å²) in [6.07, 6.45) is 2.99. The van der Waals surface area contributed by atoms with E-state index >= 15 is 0 Å². The van der Waals surface area contributed by atoms with Crippen LogP contribution in [0.25, 0.3) is 0 Å². The average molecular weight is 402 g/mol. The Morgan fingerprint density at radius 2 is 1.73 bits per heavy atom. The topological polar surface area (TPSA) is 37.3 Å². The minimum absolute atomic E-state index is 0.0479. The number of para-hydroxylation sites is 1. The van der Waals surface area contributed by atoms with Crippen LogP contribution in [0.1, 0.15) is 56.1 Å². The quantitative estimate of drug-likeness (QED) is 0.575. The van der Waals surface area contributed by atoms with E-state index in [1.165, 1.54) is 5.56 Å². The van der Waals surface area contributed by atoms with E-state index in [9.17, 15) is 4.79 Å². The summed E-state index contributed by atoms with van der Waals surface area (Å²) in [6.45, 7) is 10.3. The Balaban J connectivity index is 1.67. The van der Waals surface area contributed by atoms with Crippen LogP contribution in [-0.2, 0) is 18.4 Å². The minimum atomic E-state index is -0.100. The van der Waals surface area contributed by atoms with E-state index in [-0.39, 0.29) is 17.5 Å². The highest BCUT2D eigenvalue weighted by Gasteiger charge is 2.32. The number of hydrogen-bond donors (Lipinski definition) is 1. The van der Waals surface area contributed by atoms with Gasteiger partial charge >= 0.3 is 6.03 Å². The SMILES string of the molecule is CCc1ccccc1NC(=O)N1CCn2cccc2[C@@H]1c1ccc(C(C)(C)C)cc1. The molecule has 0 aliphatic carbocycles. The van der Waals surface area contributed by atoms with Gasteiger partial charge in [0.25, 0.3) is 0 Å². The van der Waals surface area contributed by atoms with Crippen LogP contribution < -0.4 is 5.32 Å². The summed E-state index contributed by atoms with van der Waals surface area (Å²) in [5, 5.41) is 3.17. The number of nitrogens with one attached hydrogen (secondary N) is 1. The molecule has 4 rings (SSSR count). The predicted octanol–water partition coefficient (Wildman–Crippen LogP) is 5.99. The molecule has 0 unspecified atom stereocenters. The fraction of sp³-hybridized carbons (Fsp3) is 0.346. The summed E-state index contributed by atoms with van der Waals surface area (Å²) < 4.78 is 2.26. The number of nitrogens with zero attached hydrogens (tertiary/aromatic N) is 2. The first-order valence-electron chi connectivity index (χ1n) is 10.8. The van der Waals surface area contributed by atoms with E-state index in [0.29, 0.717) is 6.54 Å². The largest absolute Gasteiger partial charge is 0.348 e. The highest BCUT2D eigenvalue weighted by molar-refractivity contribution is 5.90. The lowest BCUT2D eigenvalue weighted by molar-refractivity contribution is 0.182. The van der Waals surface area contributed by atoms with Crippen molar-refractivity contribution in [2.45, 2.75) is 52.1 Å². The predicted molar refractivity (Wildman–Crippen MR) is 123 cm³/mol. The molecular formula is C26H31N3O. The van der Waals surface area contributed by atoms with E-state index in [4.69, 9.17) is 0 Å². The second-order valence-corrected chi connectivity index (χ2v) is 9.04. The van der Waals surface area contributed by atoms with Crippen LogP contribution >= 0.6 is 0 Å². The monoisotopic (exact) mass is 401 g/mol. The number of aryl methyl sites for hydroxylation is 1. The molecule has 3 aromatic rings. The zero-order valence-corrected chi connectivity index (χ0v) is 18.4. The average Bonchev–Trinajstić information content (AvgIpc) is 3.21. The number of benzene rings is 2.